The predicted octanol–water partition coefficient (Wildman–Crippen LogP) is 5.49. The maximum atomic E-state index is 5.85. The van der Waals surface area contributed by atoms with Crippen LogP contribution in [0.1, 0.15) is 0 Å². The van der Waals surface area contributed by atoms with E-state index in [1.807, 2.05) is 48.5 Å². The van der Waals surface area contributed by atoms with Crippen LogP contribution in [0.3, 0.4) is 0 Å². The third-order valence-corrected chi connectivity index (χ3v) is 5.87. The fraction of sp³-hybridized carbons (Fsp3) is 0. The molecule has 134 valence electrons. The third kappa shape index (κ3) is 2.17. The molecule has 0 aliphatic heterocycles. The number of rotatable bonds is 2. The smallest absolute Gasteiger partial charge is 0.182 e. The van der Waals surface area contributed by atoms with Crippen LogP contribution in [0, 0.1) is 0 Å². The first-order valence-electron chi connectivity index (χ1n) is 8.65. The zero-order valence-electron chi connectivity index (χ0n) is 14.4. The molecule has 0 spiro atoms. The molecule has 3 aromatic heterocycles. The van der Waals surface area contributed by atoms with Crippen molar-refractivity contribution in [1.29, 1.82) is 0 Å². The number of hydrogen-bond donors (Lipinski definition) is 1. The van der Waals surface area contributed by atoms with Gasteiger partial charge in [0.05, 0.1) is 15.6 Å². The van der Waals surface area contributed by atoms with Gasteiger partial charge in [-0.15, -0.1) is 11.3 Å². The lowest BCUT2D eigenvalue weighted by molar-refractivity contribution is 0.460. The molecule has 0 radical (unpaired) electrons. The Bertz CT molecular complexity index is 1460. The molecule has 0 aliphatic rings. The molecule has 0 fully saturated rings. The van der Waals surface area contributed by atoms with E-state index >= 15 is 0 Å². The topological polar surface area (TPSA) is 91.0 Å². The molecule has 6 nitrogen and oxygen atoms in total. The van der Waals surface area contributed by atoms with Crippen LogP contribution in [-0.2, 0) is 0 Å². The van der Waals surface area contributed by atoms with E-state index in [4.69, 9.17) is 19.7 Å². The van der Waals surface area contributed by atoms with Crippen LogP contribution in [0.2, 0.25) is 0 Å². The number of hydrogen-bond acceptors (Lipinski definition) is 7. The summed E-state index contributed by atoms with van der Waals surface area (Å²) >= 11 is 1.64. The maximum absolute atomic E-state index is 5.85. The molecule has 0 bridgehead atoms. The number of nitrogens with two attached hydrogens (primary N) is 1. The van der Waals surface area contributed by atoms with Crippen molar-refractivity contribution >= 4 is 49.4 Å². The highest BCUT2D eigenvalue weighted by molar-refractivity contribution is 7.21. The Labute approximate surface area is 162 Å². The molecule has 3 aromatic carbocycles. The number of para-hydroxylation sites is 1. The fourth-order valence-electron chi connectivity index (χ4n) is 3.49. The van der Waals surface area contributed by atoms with E-state index < -0.39 is 0 Å². The fourth-order valence-corrected chi connectivity index (χ4v) is 4.52. The molecular formula is C21H12N4O2S. The number of aromatic nitrogens is 3. The largest absolute Gasteiger partial charge is 0.443 e. The summed E-state index contributed by atoms with van der Waals surface area (Å²) in [5.74, 6) is 0.389. The van der Waals surface area contributed by atoms with Crippen LogP contribution in [0.4, 0.5) is 5.82 Å². The molecule has 0 amide bonds. The van der Waals surface area contributed by atoms with Crippen LogP contribution in [0.15, 0.2) is 69.9 Å². The van der Waals surface area contributed by atoms with E-state index in [9.17, 15) is 0 Å². The highest BCUT2D eigenvalue weighted by Crippen LogP contribution is 2.41. The van der Waals surface area contributed by atoms with E-state index in [-0.39, 0.29) is 0 Å². The van der Waals surface area contributed by atoms with E-state index in [2.05, 4.69) is 16.2 Å². The molecule has 0 unspecified atom stereocenters. The van der Waals surface area contributed by atoms with Gasteiger partial charge in [0.2, 0.25) is 0 Å². The Hall–Kier alpha value is -3.71. The van der Waals surface area contributed by atoms with Gasteiger partial charge in [-0.05, 0) is 47.5 Å². The Morgan fingerprint density at radius 2 is 1.89 bits per heavy atom. The molecule has 6 rings (SSSR count). The van der Waals surface area contributed by atoms with E-state index in [0.29, 0.717) is 11.4 Å². The molecule has 0 saturated heterocycles. The van der Waals surface area contributed by atoms with Crippen molar-refractivity contribution in [1.82, 2.24) is 15.1 Å². The molecule has 0 aliphatic carbocycles. The second-order valence-corrected chi connectivity index (χ2v) is 7.48. The first kappa shape index (κ1) is 15.4. The molecule has 2 N–H and O–H groups in total. The van der Waals surface area contributed by atoms with Crippen molar-refractivity contribution in [2.75, 3.05) is 5.73 Å². The number of nitrogens with zero attached hydrogens (tertiary/aromatic N) is 3. The van der Waals surface area contributed by atoms with Gasteiger partial charge >= 0.3 is 0 Å². The lowest BCUT2D eigenvalue weighted by Gasteiger charge is -2.08. The minimum Gasteiger partial charge on any atom is -0.443 e. The van der Waals surface area contributed by atoms with Gasteiger partial charge < -0.3 is 14.7 Å². The Kier molecular flexibility index (Phi) is 3.09. The van der Waals surface area contributed by atoms with E-state index in [1.165, 1.54) is 6.39 Å². The average molecular weight is 384 g/mol. The van der Waals surface area contributed by atoms with Gasteiger partial charge in [0.1, 0.15) is 10.5 Å². The lowest BCUT2D eigenvalue weighted by Crippen LogP contribution is -1.88. The first-order chi connectivity index (χ1) is 13.8. The molecular weight excluding hydrogens is 372 g/mol. The SMILES string of the molecule is Nc1noc2cc(-c3ccc4ocnc4c3-c3nc4ccccc4s3)ccc12. The van der Waals surface area contributed by atoms with E-state index in [1.54, 1.807) is 11.3 Å². The minimum absolute atomic E-state index is 0.389. The van der Waals surface area contributed by atoms with Gasteiger partial charge in [-0.1, -0.05) is 23.4 Å². The van der Waals surface area contributed by atoms with Crippen molar-refractivity contribution in [3.05, 3.63) is 61.0 Å². The summed E-state index contributed by atoms with van der Waals surface area (Å²) in [5, 5.41) is 5.54. The highest BCUT2D eigenvalue weighted by Gasteiger charge is 2.19. The quantitative estimate of drug-likeness (QED) is 0.424. The van der Waals surface area contributed by atoms with Crippen molar-refractivity contribution in [3.63, 3.8) is 0 Å². The van der Waals surface area contributed by atoms with Gasteiger partial charge in [0.25, 0.3) is 0 Å². The summed E-state index contributed by atoms with van der Waals surface area (Å²) in [7, 11) is 0. The van der Waals surface area contributed by atoms with Crippen molar-refractivity contribution < 1.29 is 8.94 Å². The number of fused-ring (bicyclic) bond motifs is 3. The van der Waals surface area contributed by atoms with E-state index in [0.717, 1.165) is 48.4 Å². The van der Waals surface area contributed by atoms with Gasteiger partial charge in [0, 0.05) is 5.56 Å². The molecule has 0 atom stereocenters. The minimum atomic E-state index is 0.389. The van der Waals surface area contributed by atoms with Gasteiger partial charge in [-0.25, -0.2) is 9.97 Å². The van der Waals surface area contributed by atoms with Gasteiger partial charge in [-0.2, -0.15) is 0 Å². The zero-order valence-corrected chi connectivity index (χ0v) is 15.2. The second kappa shape index (κ2) is 5.64. The normalized spacial score (nSPS) is 11.7. The average Bonchev–Trinajstić information content (AvgIpc) is 3.44. The lowest BCUT2D eigenvalue weighted by atomic mass is 9.98. The summed E-state index contributed by atoms with van der Waals surface area (Å²) in [5.41, 5.74) is 11.9. The molecule has 7 heteroatoms. The Morgan fingerprint density at radius 3 is 2.82 bits per heavy atom. The standard InChI is InChI=1S/C21H12N4O2S/c22-20-13-6-5-11(9-16(13)27-25-20)12-7-8-15-19(23-10-26-15)18(12)21-24-14-3-1-2-4-17(14)28-21/h1-10H,(H2,22,25). The van der Waals surface area contributed by atoms with Crippen molar-refractivity contribution in [3.8, 4) is 21.7 Å². The number of benzene rings is 3. The van der Waals surface area contributed by atoms with Crippen LogP contribution < -0.4 is 5.73 Å². The van der Waals surface area contributed by atoms with Crippen molar-refractivity contribution in [2.24, 2.45) is 0 Å². The molecule has 3 heterocycles. The summed E-state index contributed by atoms with van der Waals surface area (Å²) in [4.78, 5) is 9.31. The molecule has 28 heavy (non-hydrogen) atoms. The maximum Gasteiger partial charge on any atom is 0.182 e. The molecule has 0 saturated carbocycles. The number of oxazole rings is 1. The first-order valence-corrected chi connectivity index (χ1v) is 9.47. The van der Waals surface area contributed by atoms with Crippen LogP contribution in [0.5, 0.6) is 0 Å². The zero-order chi connectivity index (χ0) is 18.7. The monoisotopic (exact) mass is 384 g/mol. The summed E-state index contributed by atoms with van der Waals surface area (Å²) in [6.07, 6.45) is 1.46. The van der Waals surface area contributed by atoms with Crippen molar-refractivity contribution in [2.45, 2.75) is 0 Å². The number of nitrogen functional groups attached to an aromatic ring is 1. The molecule has 6 aromatic rings. The van der Waals surface area contributed by atoms with Gasteiger partial charge in [-0.3, -0.25) is 0 Å². The summed E-state index contributed by atoms with van der Waals surface area (Å²) in [6, 6.07) is 17.9. The van der Waals surface area contributed by atoms with Gasteiger partial charge in [0.15, 0.2) is 23.4 Å². The highest BCUT2D eigenvalue weighted by atomic mass is 32.1. The van der Waals surface area contributed by atoms with Crippen LogP contribution in [0.25, 0.3) is 54.0 Å². The van der Waals surface area contributed by atoms with Crippen LogP contribution in [-0.4, -0.2) is 15.1 Å². The number of thiazole rings is 1. The predicted molar refractivity (Wildman–Crippen MR) is 110 cm³/mol. The summed E-state index contributed by atoms with van der Waals surface area (Å²) < 4.78 is 12.0. The number of anilines is 1. The second-order valence-electron chi connectivity index (χ2n) is 6.45. The Morgan fingerprint density at radius 1 is 0.964 bits per heavy atom. The third-order valence-electron chi connectivity index (χ3n) is 4.82. The Balaban J connectivity index is 1.67. The summed E-state index contributed by atoms with van der Waals surface area (Å²) in [6.45, 7) is 0. The van der Waals surface area contributed by atoms with Crippen LogP contribution >= 0.6 is 11.3 Å².